The monoisotopic (exact) mass is 257 g/mol. The third-order valence-corrected chi connectivity index (χ3v) is 3.61. The third-order valence-electron chi connectivity index (χ3n) is 2.75. The highest BCUT2D eigenvalue weighted by Crippen LogP contribution is 2.26. The van der Waals surface area contributed by atoms with E-state index in [0.717, 1.165) is 17.4 Å². The summed E-state index contributed by atoms with van der Waals surface area (Å²) in [5.74, 6) is 0.435. The SMILES string of the molecule is CCn1c(-c2ccc(C)cc2)cnc1SCC#N. The van der Waals surface area contributed by atoms with Gasteiger partial charge in [0.05, 0.1) is 23.7 Å². The number of hydrogen-bond acceptors (Lipinski definition) is 3. The standard InChI is InChI=1S/C14H15N3S/c1-3-17-13(10-16-14(17)18-9-8-15)12-6-4-11(2)5-7-12/h4-7,10H,3,9H2,1-2H3. The van der Waals surface area contributed by atoms with Crippen molar-refractivity contribution in [3.05, 3.63) is 36.0 Å². The molecule has 0 aliphatic carbocycles. The molecule has 2 rings (SSSR count). The summed E-state index contributed by atoms with van der Waals surface area (Å²) in [5, 5.41) is 9.55. The summed E-state index contributed by atoms with van der Waals surface area (Å²) >= 11 is 1.48. The Balaban J connectivity index is 2.36. The molecule has 1 heterocycles. The van der Waals surface area contributed by atoms with Crippen molar-refractivity contribution in [3.8, 4) is 17.3 Å². The van der Waals surface area contributed by atoms with E-state index >= 15 is 0 Å². The second-order valence-electron chi connectivity index (χ2n) is 3.98. The first kappa shape index (κ1) is 12.7. The third kappa shape index (κ3) is 2.57. The van der Waals surface area contributed by atoms with Gasteiger partial charge in [0.1, 0.15) is 0 Å². The Morgan fingerprint density at radius 3 is 2.67 bits per heavy atom. The molecule has 0 bridgehead atoms. The molecule has 0 radical (unpaired) electrons. The van der Waals surface area contributed by atoms with Gasteiger partial charge in [-0.2, -0.15) is 5.26 Å². The van der Waals surface area contributed by atoms with Crippen molar-refractivity contribution in [2.45, 2.75) is 25.5 Å². The number of aryl methyl sites for hydroxylation is 1. The van der Waals surface area contributed by atoms with Crippen molar-refractivity contribution in [3.63, 3.8) is 0 Å². The van der Waals surface area contributed by atoms with Crippen LogP contribution in [-0.2, 0) is 6.54 Å². The van der Waals surface area contributed by atoms with Gasteiger partial charge in [0.15, 0.2) is 5.16 Å². The lowest BCUT2D eigenvalue weighted by Crippen LogP contribution is -1.99. The van der Waals surface area contributed by atoms with Gasteiger partial charge >= 0.3 is 0 Å². The van der Waals surface area contributed by atoms with Gasteiger partial charge in [-0.3, -0.25) is 0 Å². The number of rotatable bonds is 4. The molecule has 1 aromatic heterocycles. The second kappa shape index (κ2) is 5.74. The summed E-state index contributed by atoms with van der Waals surface area (Å²) in [4.78, 5) is 4.40. The van der Waals surface area contributed by atoms with Crippen LogP contribution in [0.4, 0.5) is 0 Å². The van der Waals surface area contributed by atoms with E-state index in [9.17, 15) is 0 Å². The predicted molar refractivity (Wildman–Crippen MR) is 74.4 cm³/mol. The number of hydrogen-bond donors (Lipinski definition) is 0. The van der Waals surface area contributed by atoms with E-state index in [1.807, 2.05) is 6.20 Å². The van der Waals surface area contributed by atoms with E-state index in [1.165, 1.54) is 22.9 Å². The summed E-state index contributed by atoms with van der Waals surface area (Å²) in [6, 6.07) is 10.6. The zero-order chi connectivity index (χ0) is 13.0. The van der Waals surface area contributed by atoms with Gasteiger partial charge in [0.25, 0.3) is 0 Å². The van der Waals surface area contributed by atoms with Crippen molar-refractivity contribution in [2.24, 2.45) is 0 Å². The highest BCUT2D eigenvalue weighted by Gasteiger charge is 2.10. The summed E-state index contributed by atoms with van der Waals surface area (Å²) in [5.41, 5.74) is 3.53. The van der Waals surface area contributed by atoms with Crippen LogP contribution in [0.15, 0.2) is 35.6 Å². The minimum Gasteiger partial charge on any atom is -0.319 e. The van der Waals surface area contributed by atoms with Gasteiger partial charge in [-0.15, -0.1) is 0 Å². The van der Waals surface area contributed by atoms with Crippen LogP contribution in [0.3, 0.4) is 0 Å². The Hall–Kier alpha value is -1.73. The van der Waals surface area contributed by atoms with Gasteiger partial charge in [0.2, 0.25) is 0 Å². The zero-order valence-electron chi connectivity index (χ0n) is 10.6. The maximum atomic E-state index is 8.64. The molecular weight excluding hydrogens is 242 g/mol. The van der Waals surface area contributed by atoms with Gasteiger partial charge in [0, 0.05) is 6.54 Å². The normalized spacial score (nSPS) is 10.3. The lowest BCUT2D eigenvalue weighted by atomic mass is 10.1. The van der Waals surface area contributed by atoms with Crippen LogP contribution in [-0.4, -0.2) is 15.3 Å². The first-order valence-electron chi connectivity index (χ1n) is 5.88. The average Bonchev–Trinajstić information content (AvgIpc) is 2.80. The van der Waals surface area contributed by atoms with E-state index < -0.39 is 0 Å². The molecule has 4 heteroatoms. The Morgan fingerprint density at radius 1 is 1.33 bits per heavy atom. The van der Waals surface area contributed by atoms with Crippen molar-refractivity contribution in [2.75, 3.05) is 5.75 Å². The van der Waals surface area contributed by atoms with Gasteiger partial charge in [-0.25, -0.2) is 4.98 Å². The topological polar surface area (TPSA) is 41.6 Å². The highest BCUT2D eigenvalue weighted by molar-refractivity contribution is 7.99. The largest absolute Gasteiger partial charge is 0.319 e. The number of nitrogens with zero attached hydrogens (tertiary/aromatic N) is 3. The fourth-order valence-corrected chi connectivity index (χ4v) is 2.54. The quantitative estimate of drug-likeness (QED) is 0.787. The van der Waals surface area contributed by atoms with E-state index in [1.54, 1.807) is 0 Å². The van der Waals surface area contributed by atoms with Gasteiger partial charge in [-0.05, 0) is 19.4 Å². The Kier molecular flexibility index (Phi) is 4.06. The van der Waals surface area contributed by atoms with Crippen LogP contribution in [0.25, 0.3) is 11.3 Å². The van der Waals surface area contributed by atoms with E-state index in [0.29, 0.717) is 5.75 Å². The zero-order valence-corrected chi connectivity index (χ0v) is 11.4. The molecule has 0 spiro atoms. The van der Waals surface area contributed by atoms with Crippen LogP contribution < -0.4 is 0 Å². The van der Waals surface area contributed by atoms with Crippen LogP contribution in [0.2, 0.25) is 0 Å². The summed E-state index contributed by atoms with van der Waals surface area (Å²) in [6.07, 6.45) is 1.88. The number of nitriles is 1. The average molecular weight is 257 g/mol. The van der Waals surface area contributed by atoms with Crippen LogP contribution in [0.1, 0.15) is 12.5 Å². The van der Waals surface area contributed by atoms with Crippen molar-refractivity contribution < 1.29 is 0 Å². The van der Waals surface area contributed by atoms with Crippen LogP contribution in [0, 0.1) is 18.3 Å². The number of thioether (sulfide) groups is 1. The maximum Gasteiger partial charge on any atom is 0.169 e. The van der Waals surface area contributed by atoms with Crippen LogP contribution in [0.5, 0.6) is 0 Å². The molecule has 92 valence electrons. The molecule has 3 nitrogen and oxygen atoms in total. The lowest BCUT2D eigenvalue weighted by molar-refractivity contribution is 0.688. The molecule has 0 amide bonds. The van der Waals surface area contributed by atoms with E-state index in [-0.39, 0.29) is 0 Å². The molecule has 0 saturated carbocycles. The van der Waals surface area contributed by atoms with E-state index in [4.69, 9.17) is 5.26 Å². The Labute approximate surface area is 111 Å². The van der Waals surface area contributed by atoms with Gasteiger partial charge < -0.3 is 4.57 Å². The summed E-state index contributed by atoms with van der Waals surface area (Å²) < 4.78 is 2.15. The van der Waals surface area contributed by atoms with E-state index in [2.05, 4.69) is 53.7 Å². The fraction of sp³-hybridized carbons (Fsp3) is 0.286. The molecule has 0 aliphatic rings. The first-order valence-corrected chi connectivity index (χ1v) is 6.87. The smallest absolute Gasteiger partial charge is 0.169 e. The van der Waals surface area contributed by atoms with Gasteiger partial charge in [-0.1, -0.05) is 41.6 Å². The first-order chi connectivity index (χ1) is 8.76. The second-order valence-corrected chi connectivity index (χ2v) is 4.93. The summed E-state index contributed by atoms with van der Waals surface area (Å²) in [7, 11) is 0. The number of benzene rings is 1. The molecular formula is C14H15N3S. The molecule has 0 N–H and O–H groups in total. The molecule has 1 aromatic carbocycles. The minimum atomic E-state index is 0.435. The molecule has 18 heavy (non-hydrogen) atoms. The molecule has 0 saturated heterocycles. The molecule has 2 aromatic rings. The Morgan fingerprint density at radius 2 is 2.06 bits per heavy atom. The molecule has 0 fully saturated rings. The minimum absolute atomic E-state index is 0.435. The number of aromatic nitrogens is 2. The molecule has 0 atom stereocenters. The molecule has 0 aliphatic heterocycles. The highest BCUT2D eigenvalue weighted by atomic mass is 32.2. The van der Waals surface area contributed by atoms with Crippen molar-refractivity contribution >= 4 is 11.8 Å². The predicted octanol–water partition coefficient (Wildman–Crippen LogP) is 3.49. The number of imidazole rings is 1. The van der Waals surface area contributed by atoms with Crippen molar-refractivity contribution in [1.29, 1.82) is 5.26 Å². The van der Waals surface area contributed by atoms with Crippen molar-refractivity contribution in [1.82, 2.24) is 9.55 Å². The Bertz CT molecular complexity index is 564. The molecule has 0 unspecified atom stereocenters. The maximum absolute atomic E-state index is 8.64. The van der Waals surface area contributed by atoms with Crippen LogP contribution >= 0.6 is 11.8 Å². The lowest BCUT2D eigenvalue weighted by Gasteiger charge is -2.08. The summed E-state index contributed by atoms with van der Waals surface area (Å²) in [6.45, 7) is 5.03. The fourth-order valence-electron chi connectivity index (χ4n) is 1.83.